The summed E-state index contributed by atoms with van der Waals surface area (Å²) in [5, 5.41) is 17.5. The van der Waals surface area contributed by atoms with E-state index in [1.165, 1.54) is 0 Å². The Kier molecular flexibility index (Phi) is 9.28. The number of aryl methyl sites for hydroxylation is 1. The van der Waals surface area contributed by atoms with Crippen LogP contribution < -0.4 is 20.9 Å². The number of piperidine rings is 1. The fraction of sp³-hybridized carbons (Fsp3) is 0.314. The normalized spacial score (nSPS) is 18.1. The van der Waals surface area contributed by atoms with Gasteiger partial charge in [-0.2, -0.15) is 4.31 Å². The number of aromatic nitrogens is 2. The first kappa shape index (κ1) is 32.7. The minimum atomic E-state index is -3.76. The van der Waals surface area contributed by atoms with E-state index in [-0.39, 0.29) is 23.1 Å². The molecule has 3 aliphatic heterocycles. The van der Waals surface area contributed by atoms with Gasteiger partial charge in [-0.15, -0.1) is 0 Å². The summed E-state index contributed by atoms with van der Waals surface area (Å²) in [6.07, 6.45) is 6.31. The van der Waals surface area contributed by atoms with Crippen molar-refractivity contribution in [3.05, 3.63) is 101 Å². The van der Waals surface area contributed by atoms with E-state index in [0.717, 1.165) is 59.6 Å². The molecule has 1 saturated heterocycles. The molecule has 1 aromatic heterocycles. The number of hydrogen-bond acceptors (Lipinski definition) is 9. The van der Waals surface area contributed by atoms with Crippen LogP contribution in [0.25, 0.3) is 16.7 Å². The number of nitrogens with one attached hydrogen (secondary N) is 3. The molecule has 0 radical (unpaired) electrons. The van der Waals surface area contributed by atoms with E-state index in [9.17, 15) is 13.2 Å². The van der Waals surface area contributed by atoms with Gasteiger partial charge in [-0.3, -0.25) is 0 Å². The van der Waals surface area contributed by atoms with Crippen molar-refractivity contribution in [3.8, 4) is 5.93 Å². The topological polar surface area (TPSA) is 136 Å². The van der Waals surface area contributed by atoms with Crippen LogP contribution in [0.5, 0.6) is 0 Å². The molecule has 0 spiro atoms. The molecule has 4 heterocycles. The molecule has 250 valence electrons. The summed E-state index contributed by atoms with van der Waals surface area (Å²) in [5.74, 6) is 2.58. The van der Waals surface area contributed by atoms with Gasteiger partial charge in [-0.05, 0) is 84.5 Å². The van der Waals surface area contributed by atoms with Gasteiger partial charge in [0.2, 0.25) is 10.0 Å². The van der Waals surface area contributed by atoms with Gasteiger partial charge in [0.25, 0.3) is 0 Å². The van der Waals surface area contributed by atoms with Crippen LogP contribution in [0.3, 0.4) is 0 Å². The van der Waals surface area contributed by atoms with E-state index in [0.29, 0.717) is 37.0 Å². The van der Waals surface area contributed by atoms with Gasteiger partial charge in [0.1, 0.15) is 11.0 Å². The van der Waals surface area contributed by atoms with Crippen LogP contribution in [0, 0.1) is 5.93 Å². The van der Waals surface area contributed by atoms with Crippen LogP contribution in [-0.2, 0) is 23.0 Å². The molecule has 0 bridgehead atoms. The van der Waals surface area contributed by atoms with Gasteiger partial charge in [-0.1, -0.05) is 18.2 Å². The molecule has 4 aromatic rings. The van der Waals surface area contributed by atoms with Crippen molar-refractivity contribution in [2.45, 2.75) is 49.3 Å². The van der Waals surface area contributed by atoms with E-state index >= 15 is 0 Å². The van der Waals surface area contributed by atoms with Crippen molar-refractivity contribution in [2.75, 3.05) is 31.6 Å². The Hall–Kier alpha value is -4.88. The van der Waals surface area contributed by atoms with Crippen LogP contribution in [0.1, 0.15) is 36.0 Å². The number of urea groups is 1. The van der Waals surface area contributed by atoms with Crippen molar-refractivity contribution in [3.63, 3.8) is 0 Å². The fourth-order valence-electron chi connectivity index (χ4n) is 6.56. The second-order valence-corrected chi connectivity index (χ2v) is 14.4. The Bertz CT molecular complexity index is 2050. The van der Waals surface area contributed by atoms with Crippen LogP contribution in [0.4, 0.5) is 10.5 Å². The summed E-state index contributed by atoms with van der Waals surface area (Å²) in [4.78, 5) is 16.6. The number of rotatable bonds is 11. The summed E-state index contributed by atoms with van der Waals surface area (Å²) in [5.41, 5.74) is 6.73. The second kappa shape index (κ2) is 13.9. The van der Waals surface area contributed by atoms with E-state index in [2.05, 4.69) is 32.2 Å². The number of sulfonamides is 1. The molecule has 2 amide bonds. The summed E-state index contributed by atoms with van der Waals surface area (Å²) >= 11 is 0. The molecule has 1 fully saturated rings. The first-order chi connectivity index (χ1) is 23.8. The zero-order valence-corrected chi connectivity index (χ0v) is 28.0. The number of hydrogen-bond donors (Lipinski definition) is 3. The maximum atomic E-state index is 14.1. The molecule has 49 heavy (non-hydrogen) atoms. The zero-order valence-electron chi connectivity index (χ0n) is 27.2. The molecule has 3 aliphatic rings. The first-order valence-corrected chi connectivity index (χ1v) is 17.8. The molecule has 1 unspecified atom stereocenters. The molecular formula is C35H37BN8O4S. The number of carbonyl (C=O) groups is 1. The van der Waals surface area contributed by atoms with Crippen LogP contribution >= 0.6 is 0 Å². The zero-order chi connectivity index (χ0) is 34.0. The third kappa shape index (κ3) is 6.99. The standard InChI is InChI=1S/C35H37BN8O4S/c1-42(23-36)21-25-4-9-28(10-5-25)43-22-27-20-32(38-34(27)39-35(43)45)26-7-11-30(12-8-26)49(46,47)44(29-14-16-37-17-15-29)18-2-3-24-6-13-31-33(19-24)41-48-40-31/h4-13,19-20,22,29,34,37-38H,2-3,14-18,21H2,1H3,(H,39,45). The van der Waals surface area contributed by atoms with Gasteiger partial charge in [-0.25, -0.2) is 13.0 Å². The molecule has 0 aliphatic carbocycles. The maximum absolute atomic E-state index is 14.1. The summed E-state index contributed by atoms with van der Waals surface area (Å²) < 4.78 is 34.7. The predicted molar refractivity (Wildman–Crippen MR) is 188 cm³/mol. The summed E-state index contributed by atoms with van der Waals surface area (Å²) in [7, 11) is 3.54. The van der Waals surface area contributed by atoms with Crippen molar-refractivity contribution >= 4 is 45.8 Å². The van der Waals surface area contributed by atoms with Gasteiger partial charge in [0.05, 0.1) is 4.90 Å². The Morgan fingerprint density at radius 2 is 1.71 bits per heavy atom. The Labute approximate surface area is 286 Å². The molecule has 3 N–H and O–H groups in total. The molecule has 14 heteroatoms. The number of benzene rings is 3. The number of amides is 2. The second-order valence-electron chi connectivity index (χ2n) is 12.5. The third-order valence-electron chi connectivity index (χ3n) is 9.21. The summed E-state index contributed by atoms with van der Waals surface area (Å²) in [6, 6.07) is 20.1. The van der Waals surface area contributed by atoms with Crippen LogP contribution in [-0.4, -0.2) is 80.2 Å². The Balaban J connectivity index is 1.06. The van der Waals surface area contributed by atoms with E-state index < -0.39 is 10.0 Å². The van der Waals surface area contributed by atoms with Crippen molar-refractivity contribution in [1.82, 2.24) is 35.5 Å². The third-order valence-corrected chi connectivity index (χ3v) is 11.2. The SMILES string of the molecule is B#CN(C)Cc1ccc(N2C=C3C=C(c4ccc(S(=O)(=O)N(CCCc5ccc6nonc6c5)C5CCNCC5)cc4)NC3NC2=O)cc1. The van der Waals surface area contributed by atoms with Crippen LogP contribution in [0.2, 0.25) is 0 Å². The Morgan fingerprint density at radius 1 is 0.980 bits per heavy atom. The Morgan fingerprint density at radius 3 is 2.47 bits per heavy atom. The van der Waals surface area contributed by atoms with Gasteiger partial charge in [0, 0.05) is 12.6 Å². The minimum absolute atomic E-state index is 0.0746. The monoisotopic (exact) mass is 676 g/mol. The molecule has 1 atom stereocenters. The molecular weight excluding hydrogens is 639 g/mol. The van der Waals surface area contributed by atoms with Crippen LogP contribution in [0.15, 0.2) is 94.1 Å². The molecule has 0 saturated carbocycles. The van der Waals surface area contributed by atoms with Gasteiger partial charge < -0.3 is 5.32 Å². The molecule has 3 aromatic carbocycles. The number of fused-ring (bicyclic) bond motifs is 2. The van der Waals surface area contributed by atoms with Crippen molar-refractivity contribution < 1.29 is 17.8 Å². The van der Waals surface area contributed by atoms with E-state index in [1.54, 1.807) is 26.2 Å². The molecule has 7 rings (SSSR count). The van der Waals surface area contributed by atoms with Crippen molar-refractivity contribution in [1.29, 1.82) is 0 Å². The number of anilines is 1. The van der Waals surface area contributed by atoms with Gasteiger partial charge in [0.15, 0.2) is 0 Å². The average molecular weight is 677 g/mol. The molecule has 12 nitrogen and oxygen atoms in total. The number of carbonyl (C=O) groups excluding carboxylic acids is 1. The first-order valence-electron chi connectivity index (χ1n) is 16.4. The fourth-order valence-corrected chi connectivity index (χ4v) is 8.28. The summed E-state index contributed by atoms with van der Waals surface area (Å²) in [6.45, 7) is 2.59. The average Bonchev–Trinajstić information content (AvgIpc) is 3.77. The predicted octanol–water partition coefficient (Wildman–Crippen LogP) is 3.50. The van der Waals surface area contributed by atoms with Crippen molar-refractivity contribution in [2.24, 2.45) is 0 Å². The quantitative estimate of drug-likeness (QED) is 0.161. The number of nitrogens with zero attached hydrogens (tertiary/aromatic N) is 5. The van der Waals surface area contributed by atoms with E-state index in [4.69, 9.17) is 12.0 Å². The van der Waals surface area contributed by atoms with E-state index in [1.807, 2.05) is 73.9 Å². The van der Waals surface area contributed by atoms with Gasteiger partial charge >= 0.3 is 123 Å².